The first-order chi connectivity index (χ1) is 16.7. The molecule has 0 radical (unpaired) electrons. The van der Waals surface area contributed by atoms with Crippen LogP contribution in [0, 0.1) is 6.92 Å². The first kappa shape index (κ1) is 28.6. The average molecular weight is 485 g/mol. The third-order valence-electron chi connectivity index (χ3n) is 5.95. The lowest BCUT2D eigenvalue weighted by Gasteiger charge is -2.22. The highest BCUT2D eigenvalue weighted by atomic mass is 16.5. The molecule has 7 heteroatoms. The molecule has 1 N–H and O–H groups in total. The monoisotopic (exact) mass is 484 g/mol. The van der Waals surface area contributed by atoms with Gasteiger partial charge in [-0.15, -0.1) is 0 Å². The van der Waals surface area contributed by atoms with E-state index in [1.54, 1.807) is 16.7 Å². The average Bonchev–Trinajstić information content (AvgIpc) is 3.22. The number of methoxy groups -OCH3 is 1. The molecule has 1 heterocycles. The van der Waals surface area contributed by atoms with Gasteiger partial charge in [0.15, 0.2) is 0 Å². The molecular weight excluding hydrogens is 440 g/mol. The van der Waals surface area contributed by atoms with E-state index in [1.807, 2.05) is 37.3 Å². The summed E-state index contributed by atoms with van der Waals surface area (Å²) in [5, 5.41) is 7.81. The van der Waals surface area contributed by atoms with E-state index in [9.17, 15) is 9.59 Å². The summed E-state index contributed by atoms with van der Waals surface area (Å²) in [7, 11) is 1.64. The Balaban J connectivity index is 2.15. The smallest absolute Gasteiger partial charge is 0.245 e. The van der Waals surface area contributed by atoms with E-state index in [0.29, 0.717) is 31.8 Å². The molecule has 0 spiro atoms. The Kier molecular flexibility index (Phi) is 11.4. The van der Waals surface area contributed by atoms with Gasteiger partial charge in [-0.3, -0.25) is 9.59 Å². The topological polar surface area (TPSA) is 76.5 Å². The summed E-state index contributed by atoms with van der Waals surface area (Å²) >= 11 is 0. The summed E-state index contributed by atoms with van der Waals surface area (Å²) in [6, 6.07) is 9.94. The van der Waals surface area contributed by atoms with Crippen molar-refractivity contribution in [1.82, 2.24) is 14.7 Å². The van der Waals surface area contributed by atoms with Crippen molar-refractivity contribution in [2.45, 2.75) is 85.0 Å². The molecule has 194 valence electrons. The predicted octanol–water partition coefficient (Wildman–Crippen LogP) is 5.64. The Morgan fingerprint density at radius 1 is 1.09 bits per heavy atom. The largest absolute Gasteiger partial charge is 0.385 e. The Morgan fingerprint density at radius 2 is 1.83 bits per heavy atom. The van der Waals surface area contributed by atoms with E-state index in [4.69, 9.17) is 9.84 Å². The second kappa shape index (κ2) is 14.0. The Bertz CT molecular complexity index is 946. The number of rotatable bonds is 14. The maximum atomic E-state index is 13.1. The minimum Gasteiger partial charge on any atom is -0.385 e. The van der Waals surface area contributed by atoms with Gasteiger partial charge in [0.05, 0.1) is 17.9 Å². The highest BCUT2D eigenvalue weighted by Crippen LogP contribution is 2.26. The molecule has 0 aliphatic carbocycles. The van der Waals surface area contributed by atoms with Crippen LogP contribution in [0.2, 0.25) is 0 Å². The highest BCUT2D eigenvalue weighted by Gasteiger charge is 2.23. The standard InChI is InChI=1S/C28H44N4O3/c1-7-8-9-10-11-16-27(34)31(17-13-18-35-6)21-26(33)29-25-20-24(28(3,4)5)30-32(25)23-15-12-14-22(2)19-23/h12,14-15,19-20H,7-11,13,16-18,21H2,1-6H3,(H,29,33). The summed E-state index contributed by atoms with van der Waals surface area (Å²) in [6.45, 7) is 11.6. The number of hydrogen-bond donors (Lipinski definition) is 1. The van der Waals surface area contributed by atoms with Crippen LogP contribution in [-0.2, 0) is 19.7 Å². The zero-order valence-corrected chi connectivity index (χ0v) is 22.5. The molecule has 0 aliphatic rings. The lowest BCUT2D eigenvalue weighted by atomic mass is 9.92. The van der Waals surface area contributed by atoms with Gasteiger partial charge in [0.2, 0.25) is 11.8 Å². The summed E-state index contributed by atoms with van der Waals surface area (Å²) in [5.41, 5.74) is 2.71. The first-order valence-corrected chi connectivity index (χ1v) is 12.9. The van der Waals surface area contributed by atoms with Crippen LogP contribution in [0.15, 0.2) is 30.3 Å². The SMILES string of the molecule is CCCCCCCC(=O)N(CCCOC)CC(=O)Nc1cc(C(C)(C)C)nn1-c1cccc(C)c1. The molecule has 0 atom stereocenters. The zero-order chi connectivity index (χ0) is 25.8. The molecule has 0 saturated carbocycles. The van der Waals surface area contributed by atoms with Crippen molar-refractivity contribution < 1.29 is 14.3 Å². The molecule has 0 bridgehead atoms. The number of carbonyl (C=O) groups is 2. The van der Waals surface area contributed by atoms with E-state index < -0.39 is 0 Å². The second-order valence-corrected chi connectivity index (χ2v) is 10.3. The molecular formula is C28H44N4O3. The molecule has 0 unspecified atom stereocenters. The van der Waals surface area contributed by atoms with Gasteiger partial charge in [-0.05, 0) is 37.5 Å². The molecule has 0 aliphatic heterocycles. The quantitative estimate of drug-likeness (QED) is 0.352. The molecule has 7 nitrogen and oxygen atoms in total. The van der Waals surface area contributed by atoms with E-state index in [-0.39, 0.29) is 23.8 Å². The third kappa shape index (κ3) is 9.48. The number of nitrogens with one attached hydrogen (secondary N) is 1. The lowest BCUT2D eigenvalue weighted by Crippen LogP contribution is -2.39. The molecule has 0 fully saturated rings. The zero-order valence-electron chi connectivity index (χ0n) is 22.5. The maximum absolute atomic E-state index is 13.1. The van der Waals surface area contributed by atoms with Gasteiger partial charge in [-0.25, -0.2) is 4.68 Å². The molecule has 1 aromatic heterocycles. The molecule has 2 aromatic rings. The van der Waals surface area contributed by atoms with Crippen molar-refractivity contribution in [3.8, 4) is 5.69 Å². The van der Waals surface area contributed by atoms with Crippen LogP contribution >= 0.6 is 0 Å². The van der Waals surface area contributed by atoms with Crippen LogP contribution in [0.25, 0.3) is 5.69 Å². The minimum absolute atomic E-state index is 0.0152. The fourth-order valence-corrected chi connectivity index (χ4v) is 3.88. The van der Waals surface area contributed by atoms with Crippen molar-refractivity contribution in [3.63, 3.8) is 0 Å². The van der Waals surface area contributed by atoms with Crippen molar-refractivity contribution in [3.05, 3.63) is 41.6 Å². The number of hydrogen-bond acceptors (Lipinski definition) is 4. The van der Waals surface area contributed by atoms with Crippen LogP contribution in [0.1, 0.15) is 83.9 Å². The minimum atomic E-state index is -0.226. The summed E-state index contributed by atoms with van der Waals surface area (Å²) in [4.78, 5) is 27.7. The fourth-order valence-electron chi connectivity index (χ4n) is 3.88. The fraction of sp³-hybridized carbons (Fsp3) is 0.607. The van der Waals surface area contributed by atoms with E-state index >= 15 is 0 Å². The van der Waals surface area contributed by atoms with E-state index in [1.165, 1.54) is 12.8 Å². The molecule has 2 rings (SSSR count). The number of aryl methyl sites for hydroxylation is 1. The van der Waals surface area contributed by atoms with Crippen LogP contribution in [0.4, 0.5) is 5.82 Å². The van der Waals surface area contributed by atoms with Crippen molar-refractivity contribution in [2.75, 3.05) is 32.1 Å². The van der Waals surface area contributed by atoms with Crippen molar-refractivity contribution in [2.24, 2.45) is 0 Å². The van der Waals surface area contributed by atoms with Crippen LogP contribution in [0.3, 0.4) is 0 Å². The third-order valence-corrected chi connectivity index (χ3v) is 5.95. The number of ether oxygens (including phenoxy) is 1. The van der Waals surface area contributed by atoms with Gasteiger partial charge in [0, 0.05) is 38.2 Å². The Hall–Kier alpha value is -2.67. The number of nitrogens with zero attached hydrogens (tertiary/aromatic N) is 3. The van der Waals surface area contributed by atoms with Gasteiger partial charge in [0.1, 0.15) is 5.82 Å². The van der Waals surface area contributed by atoms with Gasteiger partial charge in [0.25, 0.3) is 0 Å². The number of anilines is 1. The molecule has 1 aromatic carbocycles. The predicted molar refractivity (Wildman–Crippen MR) is 142 cm³/mol. The van der Waals surface area contributed by atoms with Gasteiger partial charge >= 0.3 is 0 Å². The van der Waals surface area contributed by atoms with E-state index in [0.717, 1.165) is 36.2 Å². The van der Waals surface area contributed by atoms with Crippen molar-refractivity contribution in [1.29, 1.82) is 0 Å². The van der Waals surface area contributed by atoms with E-state index in [2.05, 4.69) is 33.0 Å². The summed E-state index contributed by atoms with van der Waals surface area (Å²) < 4.78 is 6.93. The molecule has 35 heavy (non-hydrogen) atoms. The van der Waals surface area contributed by atoms with Gasteiger partial charge in [-0.2, -0.15) is 5.10 Å². The number of unbranched alkanes of at least 4 members (excludes halogenated alkanes) is 4. The second-order valence-electron chi connectivity index (χ2n) is 10.3. The Labute approximate surface area is 211 Å². The van der Waals surface area contributed by atoms with Crippen LogP contribution < -0.4 is 5.32 Å². The highest BCUT2D eigenvalue weighted by molar-refractivity contribution is 5.94. The molecule has 2 amide bonds. The Morgan fingerprint density at radius 3 is 2.49 bits per heavy atom. The first-order valence-electron chi connectivity index (χ1n) is 12.9. The van der Waals surface area contributed by atoms with Crippen LogP contribution in [-0.4, -0.2) is 53.3 Å². The number of amides is 2. The maximum Gasteiger partial charge on any atom is 0.245 e. The lowest BCUT2D eigenvalue weighted by molar-refractivity contribution is -0.135. The molecule has 0 saturated heterocycles. The summed E-state index contributed by atoms with van der Waals surface area (Å²) in [6.07, 6.45) is 6.58. The number of carbonyl (C=O) groups excluding carboxylic acids is 2. The normalized spacial score (nSPS) is 11.5. The number of aromatic nitrogens is 2. The van der Waals surface area contributed by atoms with Gasteiger partial charge in [-0.1, -0.05) is 65.5 Å². The van der Waals surface area contributed by atoms with Gasteiger partial charge < -0.3 is 15.0 Å². The summed E-state index contributed by atoms with van der Waals surface area (Å²) in [5.74, 6) is 0.403. The van der Waals surface area contributed by atoms with Crippen LogP contribution in [0.5, 0.6) is 0 Å². The number of benzene rings is 1. The van der Waals surface area contributed by atoms with Crippen molar-refractivity contribution >= 4 is 17.6 Å².